The molecule has 0 spiro atoms. The molecule has 13 heteroatoms. The van der Waals surface area contributed by atoms with Crippen LogP contribution in [0, 0.1) is 10.1 Å². The van der Waals surface area contributed by atoms with Gasteiger partial charge in [0, 0.05) is 23.2 Å². The number of nitro groups is 1. The first-order valence-electron chi connectivity index (χ1n) is 11.3. The summed E-state index contributed by atoms with van der Waals surface area (Å²) in [5.74, 6) is 0.139. The highest BCUT2D eigenvalue weighted by Crippen LogP contribution is 2.31. The van der Waals surface area contributed by atoms with Gasteiger partial charge in [-0.2, -0.15) is 18.3 Å². The van der Waals surface area contributed by atoms with E-state index < -0.39 is 22.6 Å². The zero-order valence-corrected chi connectivity index (χ0v) is 20.8. The van der Waals surface area contributed by atoms with E-state index in [2.05, 4.69) is 20.8 Å². The van der Waals surface area contributed by atoms with Crippen molar-refractivity contribution in [3.05, 3.63) is 111 Å². The molecule has 0 bridgehead atoms. The van der Waals surface area contributed by atoms with E-state index in [-0.39, 0.29) is 24.4 Å². The second-order valence-electron chi connectivity index (χ2n) is 8.10. The number of carbonyl (C=O) groups is 1. The van der Waals surface area contributed by atoms with Gasteiger partial charge >= 0.3 is 6.18 Å². The summed E-state index contributed by atoms with van der Waals surface area (Å²) in [6.07, 6.45) is -3.07. The van der Waals surface area contributed by atoms with E-state index in [4.69, 9.17) is 4.74 Å². The van der Waals surface area contributed by atoms with E-state index in [9.17, 15) is 28.1 Å². The SMILES string of the molecule is O=C(Cc1csc(Nc2cccc(C(F)(F)F)c2)n1)N/N=C\c1ccc(OCc2cccc([N+](=O)[O-])c2)cc1. The Kier molecular flexibility index (Phi) is 8.51. The van der Waals surface area contributed by atoms with Crippen molar-refractivity contribution in [2.45, 2.75) is 19.2 Å². The van der Waals surface area contributed by atoms with Gasteiger partial charge < -0.3 is 10.1 Å². The molecule has 0 atom stereocenters. The Morgan fingerprint density at radius 2 is 1.87 bits per heavy atom. The summed E-state index contributed by atoms with van der Waals surface area (Å²) < 4.78 is 44.3. The Morgan fingerprint density at radius 1 is 1.10 bits per heavy atom. The summed E-state index contributed by atoms with van der Waals surface area (Å²) >= 11 is 1.16. The Morgan fingerprint density at radius 3 is 2.62 bits per heavy atom. The molecule has 200 valence electrons. The number of hydrazone groups is 1. The van der Waals surface area contributed by atoms with Crippen molar-refractivity contribution >= 4 is 40.0 Å². The van der Waals surface area contributed by atoms with Crippen molar-refractivity contribution in [2.75, 3.05) is 5.32 Å². The molecule has 2 N–H and O–H groups in total. The van der Waals surface area contributed by atoms with Crippen LogP contribution in [0.15, 0.2) is 83.3 Å². The molecule has 0 radical (unpaired) electrons. The molecule has 0 saturated carbocycles. The van der Waals surface area contributed by atoms with Crippen LogP contribution >= 0.6 is 11.3 Å². The van der Waals surface area contributed by atoms with Gasteiger partial charge in [-0.3, -0.25) is 14.9 Å². The number of nitro benzene ring substituents is 1. The van der Waals surface area contributed by atoms with Gasteiger partial charge in [0.1, 0.15) is 12.4 Å². The molecule has 9 nitrogen and oxygen atoms in total. The van der Waals surface area contributed by atoms with Crippen molar-refractivity contribution in [1.29, 1.82) is 0 Å². The topological polar surface area (TPSA) is 119 Å². The molecule has 0 saturated heterocycles. The third kappa shape index (κ3) is 8.10. The minimum Gasteiger partial charge on any atom is -0.489 e. The normalized spacial score (nSPS) is 11.4. The molecule has 0 aliphatic carbocycles. The van der Waals surface area contributed by atoms with Gasteiger partial charge in [-0.15, -0.1) is 11.3 Å². The summed E-state index contributed by atoms with van der Waals surface area (Å²) in [6.45, 7) is 0.166. The second-order valence-corrected chi connectivity index (χ2v) is 8.96. The number of ether oxygens (including phenoxy) is 1. The molecular weight excluding hydrogens is 535 g/mol. The van der Waals surface area contributed by atoms with Crippen LogP contribution in [0.4, 0.5) is 29.7 Å². The molecule has 4 rings (SSSR count). The third-order valence-corrected chi connectivity index (χ3v) is 5.95. The predicted molar refractivity (Wildman–Crippen MR) is 140 cm³/mol. The number of thiazole rings is 1. The molecule has 1 aromatic heterocycles. The molecular formula is C26H20F3N5O4S. The number of non-ortho nitro benzene ring substituents is 1. The van der Waals surface area contributed by atoms with E-state index in [1.807, 2.05) is 0 Å². The second kappa shape index (κ2) is 12.2. The van der Waals surface area contributed by atoms with Gasteiger partial charge in [0.2, 0.25) is 5.91 Å². The lowest BCUT2D eigenvalue weighted by Gasteiger charge is -2.08. The number of hydrogen-bond donors (Lipinski definition) is 2. The van der Waals surface area contributed by atoms with Crippen LogP contribution in [0.2, 0.25) is 0 Å². The fraction of sp³-hybridized carbons (Fsp3) is 0.115. The summed E-state index contributed by atoms with van der Waals surface area (Å²) in [4.78, 5) is 26.8. The highest BCUT2D eigenvalue weighted by atomic mass is 32.1. The Hall–Kier alpha value is -4.78. The maximum atomic E-state index is 12.9. The monoisotopic (exact) mass is 555 g/mol. The summed E-state index contributed by atoms with van der Waals surface area (Å²) in [5, 5.41) is 19.6. The van der Waals surface area contributed by atoms with Crippen LogP contribution in [0.25, 0.3) is 0 Å². The zero-order valence-electron chi connectivity index (χ0n) is 20.0. The molecule has 0 aliphatic rings. The van der Waals surface area contributed by atoms with Crippen molar-refractivity contribution in [3.8, 4) is 5.75 Å². The molecule has 1 heterocycles. The van der Waals surface area contributed by atoms with Crippen LogP contribution < -0.4 is 15.5 Å². The van der Waals surface area contributed by atoms with Crippen LogP contribution in [0.3, 0.4) is 0 Å². The smallest absolute Gasteiger partial charge is 0.416 e. The average Bonchev–Trinajstić information content (AvgIpc) is 3.34. The number of benzene rings is 3. The van der Waals surface area contributed by atoms with Gasteiger partial charge in [-0.05, 0) is 53.6 Å². The van der Waals surface area contributed by atoms with Crippen molar-refractivity contribution < 1.29 is 27.6 Å². The highest BCUT2D eigenvalue weighted by Gasteiger charge is 2.30. The Bertz CT molecular complexity index is 1490. The lowest BCUT2D eigenvalue weighted by atomic mass is 10.2. The minimum absolute atomic E-state index is 0.00765. The van der Waals surface area contributed by atoms with Crippen molar-refractivity contribution in [1.82, 2.24) is 10.4 Å². The number of carbonyl (C=O) groups excluding carboxylic acids is 1. The molecule has 0 aliphatic heterocycles. The van der Waals surface area contributed by atoms with Crippen molar-refractivity contribution in [2.24, 2.45) is 5.10 Å². The summed E-state index contributed by atoms with van der Waals surface area (Å²) in [5.41, 5.74) is 3.65. The van der Waals surface area contributed by atoms with Crippen LogP contribution in [0.1, 0.15) is 22.4 Å². The number of halogens is 3. The van der Waals surface area contributed by atoms with Gasteiger partial charge in [0.15, 0.2) is 5.13 Å². The quantitative estimate of drug-likeness (QED) is 0.139. The fourth-order valence-corrected chi connectivity index (χ4v) is 4.03. The van der Waals surface area contributed by atoms with E-state index >= 15 is 0 Å². The van der Waals surface area contributed by atoms with Crippen LogP contribution in [-0.4, -0.2) is 22.0 Å². The number of aromatic nitrogens is 1. The number of hydrogen-bond acceptors (Lipinski definition) is 8. The molecule has 3 aromatic carbocycles. The molecule has 0 fully saturated rings. The molecule has 39 heavy (non-hydrogen) atoms. The Balaban J connectivity index is 1.24. The summed E-state index contributed by atoms with van der Waals surface area (Å²) in [6, 6.07) is 17.8. The number of nitrogens with zero attached hydrogens (tertiary/aromatic N) is 3. The molecule has 1 amide bonds. The first-order valence-corrected chi connectivity index (χ1v) is 12.2. The van der Waals surface area contributed by atoms with E-state index in [1.165, 1.54) is 30.5 Å². The van der Waals surface area contributed by atoms with Crippen LogP contribution in [-0.2, 0) is 24.0 Å². The number of nitrogens with one attached hydrogen (secondary N) is 2. The predicted octanol–water partition coefficient (Wildman–Crippen LogP) is 6.09. The lowest BCUT2D eigenvalue weighted by Crippen LogP contribution is -2.19. The highest BCUT2D eigenvalue weighted by molar-refractivity contribution is 7.13. The number of amides is 1. The zero-order chi connectivity index (χ0) is 27.8. The van der Waals surface area contributed by atoms with E-state index in [0.29, 0.717) is 27.7 Å². The van der Waals surface area contributed by atoms with Crippen LogP contribution in [0.5, 0.6) is 5.75 Å². The lowest BCUT2D eigenvalue weighted by molar-refractivity contribution is -0.384. The van der Waals surface area contributed by atoms with Gasteiger partial charge in [-0.25, -0.2) is 10.4 Å². The first kappa shape index (κ1) is 27.3. The minimum atomic E-state index is -4.45. The van der Waals surface area contributed by atoms with Gasteiger partial charge in [-0.1, -0.05) is 18.2 Å². The maximum absolute atomic E-state index is 12.9. The fourth-order valence-electron chi connectivity index (χ4n) is 3.30. The molecule has 0 unspecified atom stereocenters. The molecule has 4 aromatic rings. The van der Waals surface area contributed by atoms with E-state index in [1.54, 1.807) is 41.8 Å². The van der Waals surface area contributed by atoms with Gasteiger partial charge in [0.05, 0.1) is 28.8 Å². The van der Waals surface area contributed by atoms with Crippen molar-refractivity contribution in [3.63, 3.8) is 0 Å². The number of alkyl halides is 3. The standard InChI is InChI=1S/C26H20F3N5O4S/c27-26(28,29)19-4-2-5-20(12-19)31-25-32-21(16-39-25)13-24(35)33-30-14-17-7-9-23(10-8-17)38-15-18-3-1-6-22(11-18)34(36)37/h1-12,14,16H,13,15H2,(H,31,32)(H,33,35)/b30-14-. The Labute approximate surface area is 224 Å². The number of anilines is 2. The number of rotatable bonds is 10. The first-order chi connectivity index (χ1) is 18.7. The third-order valence-electron chi connectivity index (χ3n) is 5.14. The maximum Gasteiger partial charge on any atom is 0.416 e. The van der Waals surface area contributed by atoms with Gasteiger partial charge in [0.25, 0.3) is 5.69 Å². The summed E-state index contributed by atoms with van der Waals surface area (Å²) in [7, 11) is 0. The largest absolute Gasteiger partial charge is 0.489 e. The van der Waals surface area contributed by atoms with E-state index in [0.717, 1.165) is 23.5 Å². The average molecular weight is 556 g/mol.